The van der Waals surface area contributed by atoms with Crippen LogP contribution in [-0.2, 0) is 13.6 Å². The molecule has 0 spiro atoms. The van der Waals surface area contributed by atoms with Gasteiger partial charge in [-0.05, 0) is 72.8 Å². The third-order valence-electron chi connectivity index (χ3n) is 12.1. The molecule has 1 saturated heterocycles. The van der Waals surface area contributed by atoms with E-state index < -0.39 is 16.6 Å². The zero-order chi connectivity index (χ0) is 36.1. The molecule has 0 N–H and O–H groups in total. The highest BCUT2D eigenvalue weighted by Crippen LogP contribution is 2.42. The van der Waals surface area contributed by atoms with E-state index in [-0.39, 0.29) is 34.5 Å². The summed E-state index contributed by atoms with van der Waals surface area (Å²) in [5, 5.41) is 0.424. The quantitative estimate of drug-likeness (QED) is 0.0326. The fraction of sp³-hybridized carbons (Fsp3) is 1.00. The lowest BCUT2D eigenvalue weighted by Gasteiger charge is -2.42. The Hall–Kier alpha value is 1.04. The van der Waals surface area contributed by atoms with E-state index in [1.165, 1.54) is 133 Å². The Morgan fingerprint density at radius 2 is 0.812 bits per heavy atom. The molecule has 3 nitrogen and oxygen atoms in total. The van der Waals surface area contributed by atoms with Gasteiger partial charge in [0.15, 0.2) is 16.6 Å². The molecule has 0 amide bonds. The smallest absolute Gasteiger partial charge is 0.192 e. The number of unbranched alkanes of at least 4 members (excludes halogenated alkanes) is 18. The maximum atomic E-state index is 7.21. The van der Waals surface area contributed by atoms with E-state index in [2.05, 4.69) is 97.2 Å². The molecular formula is C42H87IO3Si2. The van der Waals surface area contributed by atoms with Crippen molar-refractivity contribution in [3.8, 4) is 0 Å². The number of hydrogen-bond donors (Lipinski definition) is 0. The summed E-state index contributed by atoms with van der Waals surface area (Å²) < 4.78 is 22.8. The molecular weight excluding hydrogens is 736 g/mol. The highest BCUT2D eigenvalue weighted by Gasteiger charge is 2.45. The predicted octanol–water partition coefficient (Wildman–Crippen LogP) is 15.4. The van der Waals surface area contributed by atoms with Gasteiger partial charge < -0.3 is 13.6 Å². The summed E-state index contributed by atoms with van der Waals surface area (Å²) in [7, 11) is -3.80. The summed E-state index contributed by atoms with van der Waals surface area (Å²) in [5.74, 6) is 0. The average molecular weight is 823 g/mol. The van der Waals surface area contributed by atoms with Crippen LogP contribution in [-0.4, -0.2) is 45.5 Å². The van der Waals surface area contributed by atoms with Crippen LogP contribution in [0.1, 0.15) is 203 Å². The number of hydrogen-bond acceptors (Lipinski definition) is 3. The molecule has 4 atom stereocenters. The fourth-order valence-corrected chi connectivity index (χ4v) is 9.97. The van der Waals surface area contributed by atoms with Gasteiger partial charge in [0.2, 0.25) is 0 Å². The lowest BCUT2D eigenvalue weighted by molar-refractivity contribution is -0.0715. The second-order valence-electron chi connectivity index (χ2n) is 18.6. The van der Waals surface area contributed by atoms with E-state index in [0.717, 1.165) is 25.7 Å². The first-order valence-electron chi connectivity index (χ1n) is 21.1. The van der Waals surface area contributed by atoms with E-state index in [4.69, 9.17) is 13.6 Å². The maximum Gasteiger partial charge on any atom is 0.192 e. The molecule has 1 aliphatic rings. The summed E-state index contributed by atoms with van der Waals surface area (Å²) in [6.45, 7) is 26.3. The van der Waals surface area contributed by atoms with Gasteiger partial charge in [0.1, 0.15) is 0 Å². The molecule has 1 fully saturated rings. The lowest BCUT2D eigenvalue weighted by Crippen LogP contribution is -2.48. The topological polar surface area (TPSA) is 27.7 Å². The van der Waals surface area contributed by atoms with Crippen LogP contribution in [0.4, 0.5) is 0 Å². The largest absolute Gasteiger partial charge is 0.411 e. The molecule has 48 heavy (non-hydrogen) atoms. The third kappa shape index (κ3) is 19.8. The first-order valence-corrected chi connectivity index (χ1v) is 28.5. The SMILES string of the molecule is CCCCCCCCCCCC[C@@H](O[Si](C)(C)C(C)(C)C)[C@H]1CC[C@H]([C@@H](CCCCCCCCCCCCI)O[Si](C)(C)C(C)(C)C)O1. The molecule has 1 rings (SSSR count). The van der Waals surface area contributed by atoms with E-state index >= 15 is 0 Å². The third-order valence-corrected chi connectivity index (χ3v) is 21.9. The second kappa shape index (κ2) is 25.1. The molecule has 1 aliphatic heterocycles. The summed E-state index contributed by atoms with van der Waals surface area (Å²) in [6.07, 6.45) is 33.1. The fourth-order valence-electron chi connectivity index (χ4n) is 6.68. The predicted molar refractivity (Wildman–Crippen MR) is 228 cm³/mol. The van der Waals surface area contributed by atoms with Crippen LogP contribution in [0.2, 0.25) is 36.3 Å². The van der Waals surface area contributed by atoms with Crippen LogP contribution in [0, 0.1) is 0 Å². The highest BCUT2D eigenvalue weighted by molar-refractivity contribution is 14.1. The van der Waals surface area contributed by atoms with Crippen LogP contribution in [0.3, 0.4) is 0 Å². The molecule has 0 radical (unpaired) electrons. The van der Waals surface area contributed by atoms with Crippen molar-refractivity contribution in [1.29, 1.82) is 0 Å². The molecule has 0 saturated carbocycles. The van der Waals surface area contributed by atoms with Crippen LogP contribution in [0.5, 0.6) is 0 Å². The Labute approximate surface area is 318 Å². The second-order valence-corrected chi connectivity index (χ2v) is 29.2. The van der Waals surface area contributed by atoms with Gasteiger partial charge >= 0.3 is 0 Å². The van der Waals surface area contributed by atoms with Gasteiger partial charge in [-0.3, -0.25) is 0 Å². The van der Waals surface area contributed by atoms with Crippen LogP contribution in [0.15, 0.2) is 0 Å². The van der Waals surface area contributed by atoms with Gasteiger partial charge in [-0.1, -0.05) is 193 Å². The van der Waals surface area contributed by atoms with Crippen molar-refractivity contribution < 1.29 is 13.6 Å². The molecule has 0 aliphatic carbocycles. The van der Waals surface area contributed by atoms with Crippen LogP contribution < -0.4 is 0 Å². The molecule has 0 aromatic rings. The van der Waals surface area contributed by atoms with Crippen molar-refractivity contribution in [3.05, 3.63) is 0 Å². The van der Waals surface area contributed by atoms with Gasteiger partial charge in [-0.25, -0.2) is 0 Å². The van der Waals surface area contributed by atoms with Crippen molar-refractivity contribution in [2.45, 2.75) is 263 Å². The van der Waals surface area contributed by atoms with Gasteiger partial charge in [-0.2, -0.15) is 0 Å². The minimum Gasteiger partial charge on any atom is -0.411 e. The van der Waals surface area contributed by atoms with Gasteiger partial charge in [-0.15, -0.1) is 0 Å². The van der Waals surface area contributed by atoms with Crippen molar-refractivity contribution in [2.75, 3.05) is 4.43 Å². The number of alkyl halides is 1. The van der Waals surface area contributed by atoms with E-state index in [1.807, 2.05) is 0 Å². The van der Waals surface area contributed by atoms with Crippen molar-refractivity contribution in [1.82, 2.24) is 0 Å². The minimum absolute atomic E-state index is 0.212. The number of rotatable bonds is 29. The van der Waals surface area contributed by atoms with E-state index in [0.29, 0.717) is 0 Å². The lowest BCUT2D eigenvalue weighted by atomic mass is 10.00. The summed E-state index contributed by atoms with van der Waals surface area (Å²) in [5.41, 5.74) is 0. The van der Waals surface area contributed by atoms with Crippen LogP contribution in [0.25, 0.3) is 0 Å². The average Bonchev–Trinajstić information content (AvgIpc) is 3.49. The Balaban J connectivity index is 2.76. The van der Waals surface area contributed by atoms with Gasteiger partial charge in [0.05, 0.1) is 24.4 Å². The van der Waals surface area contributed by atoms with Crippen molar-refractivity contribution in [2.24, 2.45) is 0 Å². The monoisotopic (exact) mass is 823 g/mol. The number of ether oxygens (including phenoxy) is 1. The summed E-state index contributed by atoms with van der Waals surface area (Å²) in [4.78, 5) is 0. The Kier molecular flexibility index (Phi) is 24.6. The molecule has 0 aromatic carbocycles. The number of halogens is 1. The van der Waals surface area contributed by atoms with Crippen molar-refractivity contribution >= 4 is 39.2 Å². The molecule has 0 bridgehead atoms. The molecule has 6 heteroatoms. The Morgan fingerprint density at radius 3 is 1.10 bits per heavy atom. The van der Waals surface area contributed by atoms with Gasteiger partial charge in [0, 0.05) is 0 Å². The molecule has 288 valence electrons. The molecule has 0 unspecified atom stereocenters. The zero-order valence-electron chi connectivity index (χ0n) is 34.6. The van der Waals surface area contributed by atoms with Crippen molar-refractivity contribution in [3.63, 3.8) is 0 Å². The van der Waals surface area contributed by atoms with Gasteiger partial charge in [0.25, 0.3) is 0 Å². The molecule has 1 heterocycles. The molecule has 0 aromatic heterocycles. The van der Waals surface area contributed by atoms with Crippen LogP contribution >= 0.6 is 22.6 Å². The summed E-state index contributed by atoms with van der Waals surface area (Å²) in [6, 6.07) is 0. The normalized spacial score (nSPS) is 19.2. The standard InChI is InChI=1S/C42H87IO3Si2/c1-12-13-14-15-16-17-20-23-26-29-32-39(45-47(8,9)41(2,3)4)37-34-35-38(44-37)40(46-48(10,11)42(5,6)7)33-30-27-24-21-18-19-22-25-28-31-36-43/h37-40H,12-36H2,1-11H3/t37-,38-,39-,40-/m1/s1. The first-order chi connectivity index (χ1) is 22.6. The summed E-state index contributed by atoms with van der Waals surface area (Å²) >= 11 is 2.51. The Morgan fingerprint density at radius 1 is 0.521 bits per heavy atom. The maximum absolute atomic E-state index is 7.21. The minimum atomic E-state index is -1.90. The highest BCUT2D eigenvalue weighted by atomic mass is 127. The zero-order valence-corrected chi connectivity index (χ0v) is 38.7. The Bertz CT molecular complexity index is 776. The van der Waals surface area contributed by atoms with E-state index in [1.54, 1.807) is 0 Å². The van der Waals surface area contributed by atoms with E-state index in [9.17, 15) is 0 Å². The first kappa shape index (κ1) is 47.1.